The molecule has 0 aliphatic rings. The topological polar surface area (TPSA) is 18.1 Å². The molecule has 214 valence electrons. The average molecular weight is 586 g/mol. The third-order valence-corrected chi connectivity index (χ3v) is 9.59. The van der Waals surface area contributed by atoms with Gasteiger partial charge in [0, 0.05) is 21.8 Å². The predicted octanol–water partition coefficient (Wildman–Crippen LogP) is 12.3. The van der Waals surface area contributed by atoms with Crippen LogP contribution in [0.25, 0.3) is 93.2 Å². The fourth-order valence-corrected chi connectivity index (χ4v) is 7.65. The molecule has 0 amide bonds. The van der Waals surface area contributed by atoms with Crippen LogP contribution in [-0.2, 0) is 0 Å². The van der Waals surface area contributed by atoms with Crippen molar-refractivity contribution in [2.45, 2.75) is 0 Å². The third-order valence-electron chi connectivity index (χ3n) is 9.59. The van der Waals surface area contributed by atoms with Crippen molar-refractivity contribution in [3.8, 4) is 27.9 Å². The summed E-state index contributed by atoms with van der Waals surface area (Å²) in [5, 5.41) is 9.71. The van der Waals surface area contributed by atoms with Gasteiger partial charge in [-0.25, -0.2) is 0 Å². The molecule has 0 saturated carbocycles. The van der Waals surface area contributed by atoms with Gasteiger partial charge in [-0.3, -0.25) is 0 Å². The van der Waals surface area contributed by atoms with E-state index in [0.29, 0.717) is 0 Å². The van der Waals surface area contributed by atoms with Crippen LogP contribution in [0.1, 0.15) is 0 Å². The normalized spacial score (nSPS) is 11.9. The largest absolute Gasteiger partial charge is 0.455 e. The van der Waals surface area contributed by atoms with Crippen LogP contribution in [0.5, 0.6) is 0 Å². The Morgan fingerprint density at radius 2 is 0.870 bits per heavy atom. The van der Waals surface area contributed by atoms with E-state index in [4.69, 9.17) is 4.42 Å². The predicted molar refractivity (Wildman–Crippen MR) is 194 cm³/mol. The molecule has 0 radical (unpaired) electrons. The van der Waals surface area contributed by atoms with E-state index in [0.717, 1.165) is 38.5 Å². The molecule has 0 unspecified atom stereocenters. The summed E-state index contributed by atoms with van der Waals surface area (Å²) in [6.07, 6.45) is 0. The zero-order valence-corrected chi connectivity index (χ0v) is 24.9. The molecule has 0 N–H and O–H groups in total. The SMILES string of the molecule is c1ccc(-c2c3ccccc3c(-c3ccc(-n4c5ccccc5c5c6oc7ccccc7c6ccc54)cc3)c3ccccc23)cc1. The number of hydrogen-bond acceptors (Lipinski definition) is 1. The number of hydrogen-bond donors (Lipinski definition) is 0. The number of furan rings is 1. The summed E-state index contributed by atoms with van der Waals surface area (Å²) in [4.78, 5) is 0. The van der Waals surface area contributed by atoms with Crippen LogP contribution in [0, 0.1) is 0 Å². The Labute approximate surface area is 265 Å². The maximum absolute atomic E-state index is 6.51. The minimum absolute atomic E-state index is 0.920. The molecule has 2 heterocycles. The fourth-order valence-electron chi connectivity index (χ4n) is 7.65. The van der Waals surface area contributed by atoms with E-state index in [-0.39, 0.29) is 0 Å². The Kier molecular flexibility index (Phi) is 5.31. The lowest BCUT2D eigenvalue weighted by molar-refractivity contribution is 0.673. The molecule has 10 aromatic rings. The molecule has 2 aromatic heterocycles. The Morgan fingerprint density at radius 3 is 1.52 bits per heavy atom. The highest BCUT2D eigenvalue weighted by Crippen LogP contribution is 2.44. The van der Waals surface area contributed by atoms with E-state index < -0.39 is 0 Å². The van der Waals surface area contributed by atoms with Crippen LogP contribution in [0.3, 0.4) is 0 Å². The average Bonchev–Trinajstić information content (AvgIpc) is 3.67. The van der Waals surface area contributed by atoms with Crippen molar-refractivity contribution in [3.63, 3.8) is 0 Å². The summed E-state index contributed by atoms with van der Waals surface area (Å²) < 4.78 is 8.88. The Hall–Kier alpha value is -6.12. The van der Waals surface area contributed by atoms with Gasteiger partial charge >= 0.3 is 0 Å². The first-order chi connectivity index (χ1) is 22.8. The summed E-state index contributed by atoms with van der Waals surface area (Å²) in [7, 11) is 0. The maximum Gasteiger partial charge on any atom is 0.145 e. The molecule has 0 atom stereocenters. The van der Waals surface area contributed by atoms with E-state index in [9.17, 15) is 0 Å². The van der Waals surface area contributed by atoms with E-state index in [1.54, 1.807) is 0 Å². The van der Waals surface area contributed by atoms with Crippen LogP contribution < -0.4 is 0 Å². The number of rotatable bonds is 3. The monoisotopic (exact) mass is 585 g/mol. The van der Waals surface area contributed by atoms with Gasteiger partial charge in [0.15, 0.2) is 0 Å². The first kappa shape index (κ1) is 25.2. The van der Waals surface area contributed by atoms with E-state index >= 15 is 0 Å². The Bertz CT molecular complexity index is 2730. The number of fused-ring (bicyclic) bond motifs is 9. The van der Waals surface area contributed by atoms with Gasteiger partial charge in [0.2, 0.25) is 0 Å². The maximum atomic E-state index is 6.51. The summed E-state index contributed by atoms with van der Waals surface area (Å²) in [6.45, 7) is 0. The van der Waals surface area contributed by atoms with Crippen LogP contribution in [0.4, 0.5) is 0 Å². The second-order valence-electron chi connectivity index (χ2n) is 12.0. The van der Waals surface area contributed by atoms with Crippen LogP contribution in [0.2, 0.25) is 0 Å². The lowest BCUT2D eigenvalue weighted by Gasteiger charge is -2.18. The van der Waals surface area contributed by atoms with Crippen LogP contribution >= 0.6 is 0 Å². The number of nitrogens with zero attached hydrogens (tertiary/aromatic N) is 1. The molecule has 0 bridgehead atoms. The van der Waals surface area contributed by atoms with Gasteiger partial charge in [0.1, 0.15) is 11.2 Å². The van der Waals surface area contributed by atoms with Crippen molar-refractivity contribution in [1.29, 1.82) is 0 Å². The second kappa shape index (κ2) is 9.69. The molecule has 46 heavy (non-hydrogen) atoms. The zero-order valence-electron chi connectivity index (χ0n) is 24.9. The smallest absolute Gasteiger partial charge is 0.145 e. The van der Waals surface area contributed by atoms with Crippen molar-refractivity contribution in [2.24, 2.45) is 0 Å². The number of benzene rings is 8. The first-order valence-corrected chi connectivity index (χ1v) is 15.8. The molecule has 2 nitrogen and oxygen atoms in total. The van der Waals surface area contributed by atoms with Crippen molar-refractivity contribution < 1.29 is 4.42 Å². The molecular weight excluding hydrogens is 558 g/mol. The molecule has 2 heteroatoms. The molecule has 0 fully saturated rings. The van der Waals surface area contributed by atoms with Gasteiger partial charge in [-0.15, -0.1) is 0 Å². The van der Waals surface area contributed by atoms with Gasteiger partial charge in [0.25, 0.3) is 0 Å². The molecule has 0 saturated heterocycles. The molecule has 10 rings (SSSR count). The van der Waals surface area contributed by atoms with Gasteiger partial charge in [-0.2, -0.15) is 0 Å². The molecule has 8 aromatic carbocycles. The standard InChI is InChI=1S/C44H27NO/c1-2-12-28(13-3-1)41-32-15-4-6-17-34(32)42(35-18-7-5-16-33(35)41)29-22-24-30(25-23-29)45-38-20-10-8-19-37(38)43-39(45)27-26-36-31-14-9-11-21-40(31)46-44(36)43/h1-27H. The Morgan fingerprint density at radius 1 is 0.348 bits per heavy atom. The van der Waals surface area contributed by atoms with E-state index in [1.807, 2.05) is 6.07 Å². The summed E-state index contributed by atoms with van der Waals surface area (Å²) in [6, 6.07) is 58.9. The van der Waals surface area contributed by atoms with Gasteiger partial charge in [-0.1, -0.05) is 127 Å². The molecule has 0 aliphatic heterocycles. The first-order valence-electron chi connectivity index (χ1n) is 15.8. The van der Waals surface area contributed by atoms with E-state index in [1.165, 1.54) is 54.7 Å². The van der Waals surface area contributed by atoms with Crippen molar-refractivity contribution >= 4 is 65.3 Å². The number of para-hydroxylation sites is 2. The highest BCUT2D eigenvalue weighted by molar-refractivity contribution is 6.24. The summed E-state index contributed by atoms with van der Waals surface area (Å²) >= 11 is 0. The zero-order chi connectivity index (χ0) is 30.2. The van der Waals surface area contributed by atoms with Crippen molar-refractivity contribution in [2.75, 3.05) is 0 Å². The minimum Gasteiger partial charge on any atom is -0.455 e. The molecular formula is C44H27NO. The highest BCUT2D eigenvalue weighted by atomic mass is 16.3. The highest BCUT2D eigenvalue weighted by Gasteiger charge is 2.20. The van der Waals surface area contributed by atoms with Gasteiger partial charge in [0.05, 0.1) is 16.4 Å². The third kappa shape index (κ3) is 3.53. The Balaban J connectivity index is 1.21. The quantitative estimate of drug-likeness (QED) is 0.189. The fraction of sp³-hybridized carbons (Fsp3) is 0. The summed E-state index contributed by atoms with van der Waals surface area (Å²) in [5.41, 5.74) is 10.3. The van der Waals surface area contributed by atoms with Crippen LogP contribution in [-0.4, -0.2) is 4.57 Å². The van der Waals surface area contributed by atoms with Crippen molar-refractivity contribution in [1.82, 2.24) is 4.57 Å². The van der Waals surface area contributed by atoms with Crippen molar-refractivity contribution in [3.05, 3.63) is 164 Å². The lowest BCUT2D eigenvalue weighted by atomic mass is 9.86. The van der Waals surface area contributed by atoms with Crippen LogP contribution in [0.15, 0.2) is 168 Å². The summed E-state index contributed by atoms with van der Waals surface area (Å²) in [5.74, 6) is 0. The minimum atomic E-state index is 0.920. The molecule has 0 spiro atoms. The number of aromatic nitrogens is 1. The lowest BCUT2D eigenvalue weighted by Crippen LogP contribution is -1.94. The molecule has 0 aliphatic carbocycles. The van der Waals surface area contributed by atoms with Gasteiger partial charge < -0.3 is 8.98 Å². The van der Waals surface area contributed by atoms with Gasteiger partial charge in [-0.05, 0) is 80.2 Å². The second-order valence-corrected chi connectivity index (χ2v) is 12.0. The van der Waals surface area contributed by atoms with E-state index in [2.05, 4.69) is 162 Å².